The zero-order valence-corrected chi connectivity index (χ0v) is 25.5. The topological polar surface area (TPSA) is 81.2 Å². The van der Waals surface area contributed by atoms with Gasteiger partial charge in [0.25, 0.3) is 5.91 Å². The van der Waals surface area contributed by atoms with Gasteiger partial charge in [0.1, 0.15) is 6.04 Å². The first kappa shape index (κ1) is 30.4. The molecule has 3 saturated heterocycles. The molecular formula is C33H38ClN3O4S. The average Bonchev–Trinajstić information content (AvgIpc) is 3.62. The van der Waals surface area contributed by atoms with Crippen LogP contribution in [0.1, 0.15) is 30.4 Å². The molecule has 3 amide bonds. The minimum absolute atomic E-state index is 0.0558. The van der Waals surface area contributed by atoms with Crippen LogP contribution in [-0.2, 0) is 20.9 Å². The maximum Gasteiger partial charge on any atom is 0.251 e. The van der Waals surface area contributed by atoms with Crippen molar-refractivity contribution in [2.45, 2.75) is 48.8 Å². The predicted molar refractivity (Wildman–Crippen MR) is 168 cm³/mol. The maximum absolute atomic E-state index is 14.7. The van der Waals surface area contributed by atoms with Crippen molar-refractivity contribution in [3.8, 4) is 0 Å². The summed E-state index contributed by atoms with van der Waals surface area (Å²) in [5.74, 6) is -1.64. The molecule has 3 fully saturated rings. The summed E-state index contributed by atoms with van der Waals surface area (Å²) < 4.78 is -0.740. The highest BCUT2D eigenvalue weighted by molar-refractivity contribution is 8.02. The number of thioether (sulfide) groups is 1. The second-order valence-electron chi connectivity index (χ2n) is 11.3. The predicted octanol–water partition coefficient (Wildman–Crippen LogP) is 4.86. The number of nitrogens with zero attached hydrogens (tertiary/aromatic N) is 3. The Hall–Kier alpha value is -3.07. The summed E-state index contributed by atoms with van der Waals surface area (Å²) in [6.07, 6.45) is 5.13. The van der Waals surface area contributed by atoms with Crippen molar-refractivity contribution in [3.63, 3.8) is 0 Å². The lowest BCUT2D eigenvalue weighted by Crippen LogP contribution is -2.55. The van der Waals surface area contributed by atoms with Crippen molar-refractivity contribution in [3.05, 3.63) is 90.0 Å². The largest absolute Gasteiger partial charge is 0.396 e. The zero-order valence-electron chi connectivity index (χ0n) is 24.0. The van der Waals surface area contributed by atoms with Crippen molar-refractivity contribution in [2.24, 2.45) is 11.8 Å². The van der Waals surface area contributed by atoms with Crippen LogP contribution >= 0.6 is 23.4 Å². The molecule has 0 aliphatic carbocycles. The molecule has 222 valence electrons. The molecule has 5 rings (SSSR count). The highest BCUT2D eigenvalue weighted by Crippen LogP contribution is 2.66. The summed E-state index contributed by atoms with van der Waals surface area (Å²) in [6.45, 7) is 10.8. The molecule has 2 aromatic rings. The Morgan fingerprint density at radius 1 is 1.12 bits per heavy atom. The number of carbonyl (C=O) groups is 3. The first-order valence-corrected chi connectivity index (χ1v) is 15.7. The number of para-hydroxylation sites is 1. The Morgan fingerprint density at radius 3 is 2.52 bits per heavy atom. The van der Waals surface area contributed by atoms with Crippen LogP contribution in [0.25, 0.3) is 0 Å². The molecule has 2 bridgehead atoms. The summed E-state index contributed by atoms with van der Waals surface area (Å²) >= 11 is 8.28. The molecule has 0 aromatic heterocycles. The third-order valence-electron chi connectivity index (χ3n) is 8.79. The van der Waals surface area contributed by atoms with Crippen molar-refractivity contribution in [2.75, 3.05) is 31.1 Å². The molecule has 3 aliphatic rings. The Balaban J connectivity index is 1.54. The number of halogens is 1. The van der Waals surface area contributed by atoms with Gasteiger partial charge in [0.2, 0.25) is 11.8 Å². The lowest BCUT2D eigenvalue weighted by molar-refractivity contribution is -0.144. The van der Waals surface area contributed by atoms with Crippen molar-refractivity contribution in [1.82, 2.24) is 9.80 Å². The van der Waals surface area contributed by atoms with E-state index in [4.69, 9.17) is 11.6 Å². The summed E-state index contributed by atoms with van der Waals surface area (Å²) in [6, 6.07) is 14.5. The standard InChI is InChI=1S/C33H38ClN3O4S/c1-4-17-35(21-23-12-7-6-8-13-23)30(39)26-25-15-16-33(42-25)27(26)31(40)37(19-10-20-38)29(33)32(41)36(18-5-2)28-22(3)11-9-14-24(28)34/h4-9,11-14,25-27,29,38H,1-2,10,15-21H2,3H3/t25-,26+,27+,29?,33?/m1/s1. The first-order chi connectivity index (χ1) is 20.3. The fraction of sp³-hybridized carbons (Fsp3) is 0.424. The Kier molecular flexibility index (Phi) is 9.16. The van der Waals surface area contributed by atoms with Gasteiger partial charge < -0.3 is 19.8 Å². The van der Waals surface area contributed by atoms with E-state index in [1.807, 2.05) is 49.4 Å². The number of aliphatic hydroxyl groups is 1. The van der Waals surface area contributed by atoms with E-state index >= 15 is 0 Å². The zero-order chi connectivity index (χ0) is 30.0. The Bertz CT molecular complexity index is 1350. The quantitative estimate of drug-likeness (QED) is 0.349. The van der Waals surface area contributed by atoms with Crippen LogP contribution in [-0.4, -0.2) is 74.9 Å². The average molecular weight is 608 g/mol. The van der Waals surface area contributed by atoms with Gasteiger partial charge in [-0.2, -0.15) is 0 Å². The number of amides is 3. The molecule has 42 heavy (non-hydrogen) atoms. The number of hydrogen-bond acceptors (Lipinski definition) is 5. The number of aryl methyl sites for hydroxylation is 1. The Morgan fingerprint density at radius 2 is 1.86 bits per heavy atom. The van der Waals surface area contributed by atoms with Gasteiger partial charge in [-0.15, -0.1) is 24.9 Å². The molecule has 2 unspecified atom stereocenters. The highest BCUT2D eigenvalue weighted by atomic mass is 35.5. The lowest BCUT2D eigenvalue weighted by Gasteiger charge is -2.38. The maximum atomic E-state index is 14.7. The van der Waals surface area contributed by atoms with Crippen LogP contribution in [0.15, 0.2) is 73.8 Å². The minimum Gasteiger partial charge on any atom is -0.396 e. The summed E-state index contributed by atoms with van der Waals surface area (Å²) in [5, 5.41) is 10.1. The normalized spacial score (nSPS) is 25.8. The number of benzene rings is 2. The van der Waals surface area contributed by atoms with Crippen LogP contribution in [0.5, 0.6) is 0 Å². The van der Waals surface area contributed by atoms with Crippen LogP contribution in [0.3, 0.4) is 0 Å². The van der Waals surface area contributed by atoms with Gasteiger partial charge in [-0.05, 0) is 43.4 Å². The molecule has 0 radical (unpaired) electrons. The van der Waals surface area contributed by atoms with Crippen LogP contribution in [0.4, 0.5) is 5.69 Å². The van der Waals surface area contributed by atoms with Gasteiger partial charge >= 0.3 is 0 Å². The molecule has 9 heteroatoms. The SMILES string of the molecule is C=CCN(Cc1ccccc1)C(=O)[C@@H]1[C@H]2C(=O)N(CCCO)C(C(=O)N(CC=C)c3c(C)cccc3Cl)C23CC[C@H]1S3. The third kappa shape index (κ3) is 5.18. The van der Waals surface area contributed by atoms with Crippen molar-refractivity contribution >= 4 is 46.8 Å². The number of carbonyl (C=O) groups excluding carboxylic acids is 3. The van der Waals surface area contributed by atoms with E-state index in [1.54, 1.807) is 44.7 Å². The fourth-order valence-electron chi connectivity index (χ4n) is 7.13. The van der Waals surface area contributed by atoms with E-state index in [2.05, 4.69) is 13.2 Å². The highest BCUT2D eigenvalue weighted by Gasteiger charge is 2.74. The smallest absolute Gasteiger partial charge is 0.251 e. The van der Waals surface area contributed by atoms with E-state index in [0.29, 0.717) is 36.6 Å². The Labute approximate surface area is 257 Å². The van der Waals surface area contributed by atoms with Crippen LogP contribution in [0.2, 0.25) is 5.02 Å². The lowest BCUT2D eigenvalue weighted by atomic mass is 9.70. The second-order valence-corrected chi connectivity index (χ2v) is 13.3. The molecule has 1 spiro atoms. The number of hydrogen-bond donors (Lipinski definition) is 1. The fourth-order valence-corrected chi connectivity index (χ4v) is 9.66. The molecule has 3 aliphatic heterocycles. The molecule has 7 nitrogen and oxygen atoms in total. The number of aliphatic hydroxyl groups excluding tert-OH is 1. The van der Waals surface area contributed by atoms with Gasteiger partial charge in [-0.3, -0.25) is 14.4 Å². The van der Waals surface area contributed by atoms with Crippen LogP contribution in [0, 0.1) is 18.8 Å². The van der Waals surface area contributed by atoms with Gasteiger partial charge in [-0.25, -0.2) is 0 Å². The summed E-state index contributed by atoms with van der Waals surface area (Å²) in [5.41, 5.74) is 2.45. The van der Waals surface area contributed by atoms with Crippen molar-refractivity contribution < 1.29 is 19.5 Å². The minimum atomic E-state index is -0.785. The second kappa shape index (κ2) is 12.7. The van der Waals surface area contributed by atoms with E-state index < -0.39 is 22.6 Å². The number of rotatable bonds is 12. The summed E-state index contributed by atoms with van der Waals surface area (Å²) in [4.78, 5) is 48.3. The van der Waals surface area contributed by atoms with Crippen LogP contribution < -0.4 is 4.90 Å². The monoisotopic (exact) mass is 607 g/mol. The molecular weight excluding hydrogens is 570 g/mol. The van der Waals surface area contributed by atoms with E-state index in [1.165, 1.54) is 0 Å². The van der Waals surface area contributed by atoms with Gasteiger partial charge in [0.15, 0.2) is 0 Å². The number of likely N-dealkylation sites (tertiary alicyclic amines) is 1. The molecule has 5 atom stereocenters. The van der Waals surface area contributed by atoms with E-state index in [0.717, 1.165) is 17.5 Å². The molecule has 1 N–H and O–H groups in total. The number of fused-ring (bicyclic) bond motifs is 1. The van der Waals surface area contributed by atoms with Gasteiger partial charge in [-0.1, -0.05) is 66.2 Å². The van der Waals surface area contributed by atoms with Gasteiger partial charge in [0.05, 0.1) is 27.3 Å². The van der Waals surface area contributed by atoms with Crippen molar-refractivity contribution in [1.29, 1.82) is 0 Å². The molecule has 0 saturated carbocycles. The first-order valence-electron chi connectivity index (χ1n) is 14.5. The molecule has 3 heterocycles. The summed E-state index contributed by atoms with van der Waals surface area (Å²) in [7, 11) is 0. The third-order valence-corrected chi connectivity index (χ3v) is 11.0. The van der Waals surface area contributed by atoms with E-state index in [-0.39, 0.29) is 42.7 Å². The van der Waals surface area contributed by atoms with Gasteiger partial charge in [0, 0.05) is 38.0 Å². The number of anilines is 1. The molecule has 2 aromatic carbocycles. The van der Waals surface area contributed by atoms with E-state index in [9.17, 15) is 19.5 Å².